The van der Waals surface area contributed by atoms with E-state index in [9.17, 15) is 13.2 Å². The molecule has 114 valence electrons. The number of aromatic carboxylic acids is 1. The van der Waals surface area contributed by atoms with Crippen LogP contribution in [0.3, 0.4) is 0 Å². The van der Waals surface area contributed by atoms with Crippen LogP contribution in [0.5, 0.6) is 0 Å². The van der Waals surface area contributed by atoms with Gasteiger partial charge < -0.3 is 9.52 Å². The van der Waals surface area contributed by atoms with Crippen molar-refractivity contribution in [3.8, 4) is 0 Å². The van der Waals surface area contributed by atoms with Gasteiger partial charge in [-0.15, -0.1) is 10.2 Å². The Bertz CT molecular complexity index is 945. The van der Waals surface area contributed by atoms with Gasteiger partial charge >= 0.3 is 5.97 Å². The van der Waals surface area contributed by atoms with Crippen LogP contribution < -0.4 is 4.72 Å². The highest BCUT2D eigenvalue weighted by Crippen LogP contribution is 2.17. The third-order valence-electron chi connectivity index (χ3n) is 2.79. The number of furan rings is 1. The molecular formula is C11H9N5O5S. The van der Waals surface area contributed by atoms with E-state index in [0.717, 1.165) is 12.3 Å². The summed E-state index contributed by atoms with van der Waals surface area (Å²) in [5.41, 5.74) is 0. The average Bonchev–Trinajstić information content (AvgIpc) is 3.13. The Morgan fingerprint density at radius 3 is 3.00 bits per heavy atom. The van der Waals surface area contributed by atoms with E-state index >= 15 is 0 Å². The second kappa shape index (κ2) is 5.20. The van der Waals surface area contributed by atoms with Crippen molar-refractivity contribution in [2.24, 2.45) is 0 Å². The molecule has 3 aromatic rings. The lowest BCUT2D eigenvalue weighted by molar-refractivity contribution is 0.0656. The fourth-order valence-electron chi connectivity index (χ4n) is 1.81. The largest absolute Gasteiger partial charge is 0.475 e. The van der Waals surface area contributed by atoms with Crippen LogP contribution in [0.4, 0.5) is 0 Å². The van der Waals surface area contributed by atoms with Crippen LogP contribution in [-0.4, -0.2) is 39.1 Å². The van der Waals surface area contributed by atoms with E-state index in [1.807, 2.05) is 0 Å². The van der Waals surface area contributed by atoms with Gasteiger partial charge in [-0.1, -0.05) is 0 Å². The summed E-state index contributed by atoms with van der Waals surface area (Å²) in [6.07, 6.45) is 4.16. The normalized spacial score (nSPS) is 11.8. The highest BCUT2D eigenvalue weighted by Gasteiger charge is 2.25. The molecule has 0 aliphatic rings. The molecule has 0 aliphatic carbocycles. The first-order valence-electron chi connectivity index (χ1n) is 5.94. The summed E-state index contributed by atoms with van der Waals surface area (Å²) < 4.78 is 32.7. The van der Waals surface area contributed by atoms with Gasteiger partial charge in [0.05, 0.1) is 12.8 Å². The van der Waals surface area contributed by atoms with Gasteiger partial charge in [-0.05, 0) is 12.1 Å². The maximum atomic E-state index is 12.1. The minimum atomic E-state index is -4.06. The molecule has 0 fully saturated rings. The lowest BCUT2D eigenvalue weighted by Gasteiger charge is -2.04. The first kappa shape index (κ1) is 14.2. The third-order valence-corrected chi connectivity index (χ3v) is 4.22. The SMILES string of the molecule is O=C(O)c1occc1S(=O)(=O)NCc1nnc2ncccn12. The van der Waals surface area contributed by atoms with Crippen LogP contribution in [0.1, 0.15) is 16.4 Å². The second-order valence-electron chi connectivity index (χ2n) is 4.15. The Hall–Kier alpha value is -2.79. The number of carbonyl (C=O) groups is 1. The molecule has 0 radical (unpaired) electrons. The molecule has 0 saturated carbocycles. The van der Waals surface area contributed by atoms with E-state index in [2.05, 4.69) is 24.3 Å². The monoisotopic (exact) mass is 323 g/mol. The van der Waals surface area contributed by atoms with Crippen molar-refractivity contribution >= 4 is 21.8 Å². The van der Waals surface area contributed by atoms with E-state index in [0.29, 0.717) is 11.6 Å². The van der Waals surface area contributed by atoms with Gasteiger partial charge in [0.25, 0.3) is 5.78 Å². The van der Waals surface area contributed by atoms with E-state index in [1.165, 1.54) is 10.6 Å². The molecule has 3 aromatic heterocycles. The highest BCUT2D eigenvalue weighted by atomic mass is 32.2. The summed E-state index contributed by atoms with van der Waals surface area (Å²) >= 11 is 0. The number of nitrogens with zero attached hydrogens (tertiary/aromatic N) is 4. The van der Waals surface area contributed by atoms with Gasteiger partial charge in [0.1, 0.15) is 4.90 Å². The van der Waals surface area contributed by atoms with E-state index in [4.69, 9.17) is 5.11 Å². The van der Waals surface area contributed by atoms with E-state index < -0.39 is 26.6 Å². The van der Waals surface area contributed by atoms with Crippen molar-refractivity contribution in [1.82, 2.24) is 24.3 Å². The first-order chi connectivity index (χ1) is 10.5. The summed E-state index contributed by atoms with van der Waals surface area (Å²) in [4.78, 5) is 14.4. The number of aromatic nitrogens is 4. The zero-order valence-electron chi connectivity index (χ0n) is 10.9. The van der Waals surface area contributed by atoms with Gasteiger partial charge in [-0.2, -0.15) is 0 Å². The van der Waals surface area contributed by atoms with Crippen LogP contribution in [0.25, 0.3) is 5.78 Å². The van der Waals surface area contributed by atoms with Gasteiger partial charge in [-0.3, -0.25) is 4.40 Å². The fourth-order valence-corrected chi connectivity index (χ4v) is 2.90. The Morgan fingerprint density at radius 1 is 1.41 bits per heavy atom. The molecule has 0 bridgehead atoms. The number of hydrogen-bond donors (Lipinski definition) is 2. The fraction of sp³-hybridized carbons (Fsp3) is 0.0909. The smallest absolute Gasteiger partial charge is 0.373 e. The average molecular weight is 323 g/mol. The van der Waals surface area contributed by atoms with Gasteiger partial charge in [0.2, 0.25) is 15.8 Å². The number of hydrogen-bond acceptors (Lipinski definition) is 7. The minimum absolute atomic E-state index is 0.181. The van der Waals surface area contributed by atoms with Crippen molar-refractivity contribution in [2.45, 2.75) is 11.4 Å². The molecule has 0 atom stereocenters. The zero-order chi connectivity index (χ0) is 15.7. The predicted octanol–water partition coefficient (Wildman–Crippen LogP) is -0.106. The van der Waals surface area contributed by atoms with Crippen LogP contribution in [0.15, 0.2) is 40.1 Å². The van der Waals surface area contributed by atoms with Crippen molar-refractivity contribution in [3.05, 3.63) is 42.4 Å². The van der Waals surface area contributed by atoms with Crippen LogP contribution in [0.2, 0.25) is 0 Å². The van der Waals surface area contributed by atoms with Crippen molar-refractivity contribution < 1.29 is 22.7 Å². The van der Waals surface area contributed by atoms with Crippen LogP contribution >= 0.6 is 0 Å². The lowest BCUT2D eigenvalue weighted by atomic mass is 10.5. The van der Waals surface area contributed by atoms with Crippen LogP contribution in [0, 0.1) is 0 Å². The Balaban J connectivity index is 1.86. The maximum Gasteiger partial charge on any atom is 0.373 e. The molecule has 22 heavy (non-hydrogen) atoms. The zero-order valence-corrected chi connectivity index (χ0v) is 11.7. The molecule has 0 spiro atoms. The number of carboxylic acid groups (broad SMARTS) is 1. The standard InChI is InChI=1S/C11H9N5O5S/c17-10(18)9-7(2-5-21-9)22(19,20)13-6-8-14-15-11-12-3-1-4-16(8)11/h1-5,13H,6H2,(H,17,18). The maximum absolute atomic E-state index is 12.1. The Morgan fingerprint density at radius 2 is 2.23 bits per heavy atom. The molecule has 0 aromatic carbocycles. The molecular weight excluding hydrogens is 314 g/mol. The summed E-state index contributed by atoms with van der Waals surface area (Å²) in [5, 5.41) is 16.5. The predicted molar refractivity (Wildman–Crippen MR) is 70.5 cm³/mol. The Labute approximate surface area is 123 Å². The highest BCUT2D eigenvalue weighted by molar-refractivity contribution is 7.89. The molecule has 0 aliphatic heterocycles. The summed E-state index contributed by atoms with van der Waals surface area (Å²) in [6.45, 7) is -0.181. The molecule has 0 amide bonds. The first-order valence-corrected chi connectivity index (χ1v) is 7.42. The Kier molecular flexibility index (Phi) is 3.35. The summed E-state index contributed by atoms with van der Waals surface area (Å²) in [6, 6.07) is 2.71. The lowest BCUT2D eigenvalue weighted by Crippen LogP contribution is -2.25. The summed E-state index contributed by atoms with van der Waals surface area (Å²) in [7, 11) is -4.06. The van der Waals surface area contributed by atoms with E-state index in [-0.39, 0.29) is 6.54 Å². The quantitative estimate of drug-likeness (QED) is 0.663. The molecule has 0 saturated heterocycles. The number of sulfonamides is 1. The topological polar surface area (TPSA) is 140 Å². The number of carboxylic acids is 1. The minimum Gasteiger partial charge on any atom is -0.475 e. The number of nitrogens with one attached hydrogen (secondary N) is 1. The molecule has 10 nitrogen and oxygen atoms in total. The molecule has 0 unspecified atom stereocenters. The van der Waals surface area contributed by atoms with Crippen molar-refractivity contribution in [2.75, 3.05) is 0 Å². The molecule has 3 heterocycles. The van der Waals surface area contributed by atoms with Crippen LogP contribution in [-0.2, 0) is 16.6 Å². The van der Waals surface area contributed by atoms with Crippen molar-refractivity contribution in [1.29, 1.82) is 0 Å². The van der Waals surface area contributed by atoms with Gasteiger partial charge in [0, 0.05) is 12.4 Å². The number of rotatable bonds is 5. The molecule has 3 rings (SSSR count). The molecule has 2 N–H and O–H groups in total. The van der Waals surface area contributed by atoms with Gasteiger partial charge in [0.15, 0.2) is 5.82 Å². The molecule has 11 heteroatoms. The third kappa shape index (κ3) is 2.42. The summed E-state index contributed by atoms with van der Waals surface area (Å²) in [5.74, 6) is -1.49. The van der Waals surface area contributed by atoms with E-state index in [1.54, 1.807) is 12.3 Å². The number of fused-ring (bicyclic) bond motifs is 1. The second-order valence-corrected chi connectivity index (χ2v) is 5.88. The van der Waals surface area contributed by atoms with Gasteiger partial charge in [-0.25, -0.2) is 22.9 Å². The van der Waals surface area contributed by atoms with Crippen molar-refractivity contribution in [3.63, 3.8) is 0 Å².